The first-order valence-electron chi connectivity index (χ1n) is 8.91. The second-order valence-electron chi connectivity index (χ2n) is 7.05. The van der Waals surface area contributed by atoms with Crippen LogP contribution in [0.25, 0.3) is 0 Å². The number of carbonyl (C=O) groups is 2. The highest BCUT2D eigenvalue weighted by Gasteiger charge is 2.56. The molecule has 2 aromatic rings. The minimum Gasteiger partial charge on any atom is -0.324 e. The van der Waals surface area contributed by atoms with Gasteiger partial charge in [-0.15, -0.1) is 11.8 Å². The average molecular weight is 366 g/mol. The summed E-state index contributed by atoms with van der Waals surface area (Å²) in [5.41, 5.74) is 4.06. The molecule has 0 aliphatic carbocycles. The normalized spacial score (nSPS) is 24.6. The van der Waals surface area contributed by atoms with Crippen molar-refractivity contribution in [2.45, 2.75) is 37.6 Å². The summed E-state index contributed by atoms with van der Waals surface area (Å²) in [5, 5.41) is 3.05. The van der Waals surface area contributed by atoms with Gasteiger partial charge in [0.25, 0.3) is 0 Å². The molecule has 4 rings (SSSR count). The summed E-state index contributed by atoms with van der Waals surface area (Å²) in [6.45, 7) is 3.98. The average Bonchev–Trinajstić information content (AvgIpc) is 3.18. The van der Waals surface area contributed by atoms with E-state index in [-0.39, 0.29) is 11.8 Å². The third kappa shape index (κ3) is 2.71. The van der Waals surface area contributed by atoms with Gasteiger partial charge >= 0.3 is 0 Å². The first-order chi connectivity index (χ1) is 12.5. The van der Waals surface area contributed by atoms with E-state index in [0.29, 0.717) is 12.2 Å². The monoisotopic (exact) mass is 366 g/mol. The molecule has 1 N–H and O–H groups in total. The summed E-state index contributed by atoms with van der Waals surface area (Å²) >= 11 is 1.72. The van der Waals surface area contributed by atoms with E-state index in [1.807, 2.05) is 55.1 Å². The molecule has 2 aromatic carbocycles. The lowest BCUT2D eigenvalue weighted by Crippen LogP contribution is -2.48. The smallest absolute Gasteiger partial charge is 0.248 e. The number of hydrogen-bond donors (Lipinski definition) is 1. The maximum absolute atomic E-state index is 13.0. The number of amides is 2. The van der Waals surface area contributed by atoms with Gasteiger partial charge in [0.05, 0.1) is 0 Å². The molecule has 0 bridgehead atoms. The van der Waals surface area contributed by atoms with Crippen molar-refractivity contribution in [2.24, 2.45) is 0 Å². The Labute approximate surface area is 158 Å². The third-order valence-corrected chi connectivity index (χ3v) is 6.90. The fourth-order valence-electron chi connectivity index (χ4n) is 3.92. The molecule has 0 radical (unpaired) electrons. The molecule has 0 unspecified atom stereocenters. The van der Waals surface area contributed by atoms with Crippen LogP contribution in [0, 0.1) is 13.8 Å². The first-order valence-corrected chi connectivity index (χ1v) is 9.89. The minimum absolute atomic E-state index is 0.0694. The summed E-state index contributed by atoms with van der Waals surface area (Å²) in [5.74, 6) is 0.594. The number of aryl methyl sites for hydroxylation is 2. The van der Waals surface area contributed by atoms with E-state index in [1.54, 1.807) is 11.8 Å². The molecule has 4 nitrogen and oxygen atoms in total. The Kier molecular flexibility index (Phi) is 4.27. The summed E-state index contributed by atoms with van der Waals surface area (Å²) in [7, 11) is 0. The van der Waals surface area contributed by atoms with Gasteiger partial charge in [-0.1, -0.05) is 42.5 Å². The lowest BCUT2D eigenvalue weighted by atomic mass is 10.0. The molecule has 0 aromatic heterocycles. The fourth-order valence-corrected chi connectivity index (χ4v) is 5.57. The number of anilines is 1. The van der Waals surface area contributed by atoms with E-state index in [1.165, 1.54) is 0 Å². The SMILES string of the molecule is Cc1ccc(C)c(NC(=O)[C@@H]2CS[C@@]3(c4ccccc4)CCC(=O)N23)c1. The molecular weight excluding hydrogens is 344 g/mol. The third-order valence-electron chi connectivity index (χ3n) is 5.31. The Morgan fingerprint density at radius 1 is 1.19 bits per heavy atom. The van der Waals surface area contributed by atoms with Crippen LogP contribution in [-0.4, -0.2) is 28.5 Å². The van der Waals surface area contributed by atoms with Gasteiger partial charge in [-0.2, -0.15) is 0 Å². The molecule has 26 heavy (non-hydrogen) atoms. The van der Waals surface area contributed by atoms with E-state index in [0.717, 1.165) is 28.8 Å². The number of rotatable bonds is 3. The van der Waals surface area contributed by atoms with Crippen molar-refractivity contribution >= 4 is 29.3 Å². The highest BCUT2D eigenvalue weighted by Crippen LogP contribution is 2.54. The Balaban J connectivity index is 1.63. The van der Waals surface area contributed by atoms with E-state index in [9.17, 15) is 9.59 Å². The number of hydrogen-bond acceptors (Lipinski definition) is 3. The van der Waals surface area contributed by atoms with Crippen LogP contribution in [0.4, 0.5) is 5.69 Å². The summed E-state index contributed by atoms with van der Waals surface area (Å²) < 4.78 is 0. The molecule has 134 valence electrons. The fraction of sp³-hybridized carbons (Fsp3) is 0.333. The molecular formula is C21H22N2O2S. The Morgan fingerprint density at radius 2 is 1.96 bits per heavy atom. The van der Waals surface area contributed by atoms with Crippen molar-refractivity contribution in [3.63, 3.8) is 0 Å². The molecule has 0 spiro atoms. The molecule has 5 heteroatoms. The van der Waals surface area contributed by atoms with Gasteiger partial charge in [-0.3, -0.25) is 9.59 Å². The number of benzene rings is 2. The van der Waals surface area contributed by atoms with Crippen LogP contribution in [0.5, 0.6) is 0 Å². The van der Waals surface area contributed by atoms with E-state index in [2.05, 4.69) is 17.4 Å². The zero-order chi connectivity index (χ0) is 18.3. The molecule has 0 saturated carbocycles. The Hall–Kier alpha value is -2.27. The minimum atomic E-state index is -0.435. The molecule has 2 fully saturated rings. The van der Waals surface area contributed by atoms with Gasteiger partial charge in [-0.05, 0) is 43.0 Å². The zero-order valence-electron chi connectivity index (χ0n) is 15.0. The van der Waals surface area contributed by atoms with Crippen LogP contribution >= 0.6 is 11.8 Å². The van der Waals surface area contributed by atoms with Gasteiger partial charge in [-0.25, -0.2) is 0 Å². The highest BCUT2D eigenvalue weighted by molar-refractivity contribution is 8.00. The van der Waals surface area contributed by atoms with E-state index >= 15 is 0 Å². The van der Waals surface area contributed by atoms with Crippen LogP contribution in [0.2, 0.25) is 0 Å². The lowest BCUT2D eigenvalue weighted by Gasteiger charge is -2.34. The number of carbonyl (C=O) groups excluding carboxylic acids is 2. The predicted octanol–water partition coefficient (Wildman–Crippen LogP) is 3.83. The van der Waals surface area contributed by atoms with Gasteiger partial charge in [0, 0.05) is 17.9 Å². The summed E-state index contributed by atoms with van der Waals surface area (Å²) in [6.07, 6.45) is 1.25. The van der Waals surface area contributed by atoms with Crippen LogP contribution < -0.4 is 5.32 Å². The van der Waals surface area contributed by atoms with Crippen molar-refractivity contribution in [1.82, 2.24) is 4.90 Å². The Morgan fingerprint density at radius 3 is 2.73 bits per heavy atom. The highest BCUT2D eigenvalue weighted by atomic mass is 32.2. The second-order valence-corrected chi connectivity index (χ2v) is 8.35. The molecule has 2 aliphatic heterocycles. The molecule has 2 heterocycles. The maximum Gasteiger partial charge on any atom is 0.248 e. The van der Waals surface area contributed by atoms with Gasteiger partial charge in [0.2, 0.25) is 11.8 Å². The van der Waals surface area contributed by atoms with E-state index < -0.39 is 10.9 Å². The van der Waals surface area contributed by atoms with Crippen molar-refractivity contribution in [1.29, 1.82) is 0 Å². The number of nitrogens with one attached hydrogen (secondary N) is 1. The zero-order valence-corrected chi connectivity index (χ0v) is 15.8. The Bertz CT molecular complexity index is 868. The van der Waals surface area contributed by atoms with Crippen LogP contribution in [0.1, 0.15) is 29.5 Å². The van der Waals surface area contributed by atoms with Crippen molar-refractivity contribution in [3.8, 4) is 0 Å². The summed E-state index contributed by atoms with van der Waals surface area (Å²) in [6, 6.07) is 15.7. The largest absolute Gasteiger partial charge is 0.324 e. The first kappa shape index (κ1) is 17.2. The van der Waals surface area contributed by atoms with Crippen molar-refractivity contribution in [3.05, 3.63) is 65.2 Å². The molecule has 2 aliphatic rings. The predicted molar refractivity (Wildman–Crippen MR) is 105 cm³/mol. The van der Waals surface area contributed by atoms with Crippen molar-refractivity contribution < 1.29 is 9.59 Å². The van der Waals surface area contributed by atoms with Crippen LogP contribution in [0.15, 0.2) is 48.5 Å². The molecule has 2 saturated heterocycles. The van der Waals surface area contributed by atoms with Crippen LogP contribution in [-0.2, 0) is 14.5 Å². The van der Waals surface area contributed by atoms with Crippen LogP contribution in [0.3, 0.4) is 0 Å². The summed E-state index contributed by atoms with van der Waals surface area (Å²) in [4.78, 5) is 27.1. The van der Waals surface area contributed by atoms with Gasteiger partial charge in [0.1, 0.15) is 10.9 Å². The van der Waals surface area contributed by atoms with Crippen molar-refractivity contribution in [2.75, 3.05) is 11.1 Å². The van der Waals surface area contributed by atoms with Gasteiger partial charge < -0.3 is 10.2 Å². The second kappa shape index (κ2) is 6.47. The quantitative estimate of drug-likeness (QED) is 0.898. The lowest BCUT2D eigenvalue weighted by molar-refractivity contribution is -0.136. The number of fused-ring (bicyclic) bond motifs is 1. The topological polar surface area (TPSA) is 49.4 Å². The standard InChI is InChI=1S/C21H22N2O2S/c1-14-8-9-15(2)17(12-14)22-20(25)18-13-26-21(11-10-19(24)23(18)21)16-6-4-3-5-7-16/h3-9,12,18H,10-11,13H2,1-2H3,(H,22,25)/t18-,21+/m0/s1. The van der Waals surface area contributed by atoms with E-state index in [4.69, 9.17) is 0 Å². The molecule has 2 atom stereocenters. The number of thioether (sulfide) groups is 1. The van der Waals surface area contributed by atoms with Gasteiger partial charge in [0.15, 0.2) is 0 Å². The number of nitrogens with zero attached hydrogens (tertiary/aromatic N) is 1. The molecule has 2 amide bonds. The maximum atomic E-state index is 13.0.